The van der Waals surface area contributed by atoms with Crippen molar-refractivity contribution in [1.29, 1.82) is 0 Å². The van der Waals surface area contributed by atoms with Crippen LogP contribution in [-0.2, 0) is 0 Å². The summed E-state index contributed by atoms with van der Waals surface area (Å²) in [4.78, 5) is 12.1. The first-order chi connectivity index (χ1) is 10.1. The van der Waals surface area contributed by atoms with Gasteiger partial charge in [0.2, 0.25) is 0 Å². The van der Waals surface area contributed by atoms with Crippen molar-refractivity contribution in [2.75, 3.05) is 12.3 Å². The van der Waals surface area contributed by atoms with Crippen LogP contribution < -0.4 is 11.1 Å². The Balaban J connectivity index is 2.06. The van der Waals surface area contributed by atoms with Crippen LogP contribution in [0.15, 0.2) is 36.5 Å². The zero-order valence-electron chi connectivity index (χ0n) is 12.0. The minimum absolute atomic E-state index is 0.00315. The number of nitrogens with two attached hydrogens (primary N) is 1. The van der Waals surface area contributed by atoms with Crippen LogP contribution in [-0.4, -0.2) is 33.4 Å². The van der Waals surface area contributed by atoms with Gasteiger partial charge >= 0.3 is 0 Å². The molecule has 0 spiro atoms. The number of aromatic nitrogens is 2. The molecule has 1 unspecified atom stereocenters. The highest BCUT2D eigenvalue weighted by atomic mass is 16.3. The van der Waals surface area contributed by atoms with Crippen LogP contribution in [0.25, 0.3) is 5.69 Å². The van der Waals surface area contributed by atoms with Gasteiger partial charge in [0.25, 0.3) is 5.91 Å². The summed E-state index contributed by atoms with van der Waals surface area (Å²) in [5, 5.41) is 15.9. The first kappa shape index (κ1) is 15.1. The van der Waals surface area contributed by atoms with Crippen molar-refractivity contribution in [2.24, 2.45) is 0 Å². The van der Waals surface area contributed by atoms with Gasteiger partial charge in [-0.15, -0.1) is 0 Å². The molecule has 1 aromatic heterocycles. The molecule has 2 aromatic rings. The number of hydrogen-bond acceptors (Lipinski definition) is 4. The molecular weight excluding hydrogens is 268 g/mol. The zero-order chi connectivity index (χ0) is 15.2. The quantitative estimate of drug-likeness (QED) is 0.699. The molecule has 6 heteroatoms. The molecule has 0 aliphatic carbocycles. The molecule has 0 bridgehead atoms. The first-order valence-corrected chi connectivity index (χ1v) is 6.94. The number of amides is 1. The molecule has 1 amide bonds. The van der Waals surface area contributed by atoms with Crippen LogP contribution in [0.2, 0.25) is 0 Å². The molecule has 4 N–H and O–H groups in total. The summed E-state index contributed by atoms with van der Waals surface area (Å²) >= 11 is 0. The Morgan fingerprint density at radius 2 is 2.19 bits per heavy atom. The van der Waals surface area contributed by atoms with E-state index in [1.807, 2.05) is 25.1 Å². The van der Waals surface area contributed by atoms with Crippen molar-refractivity contribution in [3.8, 4) is 5.69 Å². The number of anilines is 1. The van der Waals surface area contributed by atoms with E-state index in [1.165, 1.54) is 0 Å². The van der Waals surface area contributed by atoms with Crippen LogP contribution in [0.5, 0.6) is 0 Å². The Bertz CT molecular complexity index is 609. The number of nitrogen functional groups attached to an aromatic ring is 1. The molecule has 0 radical (unpaired) electrons. The minimum Gasteiger partial charge on any atom is -0.397 e. The molecule has 0 saturated carbocycles. The molecule has 1 aromatic carbocycles. The molecule has 1 atom stereocenters. The highest BCUT2D eigenvalue weighted by Crippen LogP contribution is 2.15. The maximum absolute atomic E-state index is 12.1. The molecule has 1 heterocycles. The van der Waals surface area contributed by atoms with Crippen LogP contribution in [0.1, 0.15) is 30.3 Å². The summed E-state index contributed by atoms with van der Waals surface area (Å²) in [6.45, 7) is 2.03. The zero-order valence-corrected chi connectivity index (χ0v) is 12.0. The predicted octanol–water partition coefficient (Wildman–Crippen LogP) is 1.35. The lowest BCUT2D eigenvalue weighted by molar-refractivity contribution is 0.0931. The number of nitrogens with one attached hydrogen (secondary N) is 1. The van der Waals surface area contributed by atoms with Crippen molar-refractivity contribution >= 4 is 11.6 Å². The van der Waals surface area contributed by atoms with Crippen molar-refractivity contribution in [2.45, 2.75) is 25.8 Å². The lowest BCUT2D eigenvalue weighted by Crippen LogP contribution is -2.33. The monoisotopic (exact) mass is 288 g/mol. The van der Waals surface area contributed by atoms with E-state index >= 15 is 0 Å². The fourth-order valence-electron chi connectivity index (χ4n) is 2.04. The number of para-hydroxylation sites is 2. The van der Waals surface area contributed by atoms with Gasteiger partial charge in [-0.1, -0.05) is 12.1 Å². The van der Waals surface area contributed by atoms with Gasteiger partial charge in [-0.2, -0.15) is 5.10 Å². The largest absolute Gasteiger partial charge is 0.397 e. The molecule has 2 rings (SSSR count). The fourth-order valence-corrected chi connectivity index (χ4v) is 2.04. The number of nitrogens with zero attached hydrogens (tertiary/aromatic N) is 2. The molecular formula is C15H20N4O2. The van der Waals surface area contributed by atoms with Gasteiger partial charge in [-0.3, -0.25) is 4.79 Å². The molecule has 0 fully saturated rings. The number of rotatable bonds is 6. The van der Waals surface area contributed by atoms with Crippen LogP contribution in [0, 0.1) is 0 Å². The van der Waals surface area contributed by atoms with E-state index in [1.54, 1.807) is 23.0 Å². The predicted molar refractivity (Wildman–Crippen MR) is 81.2 cm³/mol. The second-order valence-corrected chi connectivity index (χ2v) is 4.94. The Morgan fingerprint density at radius 3 is 2.90 bits per heavy atom. The third-order valence-electron chi connectivity index (χ3n) is 3.18. The number of aliphatic hydroxyl groups excluding tert-OH is 1. The molecule has 0 aliphatic rings. The molecule has 0 saturated heterocycles. The smallest absolute Gasteiger partial charge is 0.271 e. The molecule has 6 nitrogen and oxygen atoms in total. The number of benzene rings is 1. The van der Waals surface area contributed by atoms with E-state index in [4.69, 9.17) is 10.8 Å². The van der Waals surface area contributed by atoms with Crippen LogP contribution in [0.4, 0.5) is 5.69 Å². The van der Waals surface area contributed by atoms with E-state index in [-0.39, 0.29) is 18.6 Å². The Hall–Kier alpha value is -2.34. The third-order valence-corrected chi connectivity index (χ3v) is 3.18. The second kappa shape index (κ2) is 6.90. The number of aliphatic hydroxyl groups is 1. The Labute approximate surface area is 123 Å². The van der Waals surface area contributed by atoms with Gasteiger partial charge in [0, 0.05) is 18.8 Å². The molecule has 112 valence electrons. The van der Waals surface area contributed by atoms with E-state index in [0.717, 1.165) is 12.1 Å². The second-order valence-electron chi connectivity index (χ2n) is 4.94. The third kappa shape index (κ3) is 3.82. The number of carbonyl (C=O) groups is 1. The van der Waals surface area contributed by atoms with Crippen LogP contribution in [0.3, 0.4) is 0 Å². The summed E-state index contributed by atoms with van der Waals surface area (Å²) < 4.78 is 1.59. The van der Waals surface area contributed by atoms with Gasteiger partial charge in [-0.05, 0) is 38.0 Å². The lowest BCUT2D eigenvalue weighted by Gasteiger charge is -2.11. The number of hydrogen-bond donors (Lipinski definition) is 3. The minimum atomic E-state index is -0.228. The standard InChI is InChI=1S/C15H20N4O2/c1-11(5-4-10-20)17-15(21)13-8-9-19(18-13)14-7-3-2-6-12(14)16/h2-3,6-9,11,20H,4-5,10,16H2,1H3,(H,17,21). The lowest BCUT2D eigenvalue weighted by atomic mass is 10.2. The van der Waals surface area contributed by atoms with Gasteiger partial charge < -0.3 is 16.2 Å². The first-order valence-electron chi connectivity index (χ1n) is 6.94. The average molecular weight is 288 g/mol. The van der Waals surface area contributed by atoms with Crippen molar-refractivity contribution in [3.05, 3.63) is 42.2 Å². The molecule has 0 aliphatic heterocycles. The van der Waals surface area contributed by atoms with E-state index in [0.29, 0.717) is 17.8 Å². The maximum atomic E-state index is 12.1. The summed E-state index contributed by atoms with van der Waals surface area (Å²) in [6.07, 6.45) is 3.10. The summed E-state index contributed by atoms with van der Waals surface area (Å²) in [7, 11) is 0. The number of carbonyl (C=O) groups excluding carboxylic acids is 1. The highest BCUT2D eigenvalue weighted by molar-refractivity contribution is 5.92. The average Bonchev–Trinajstić information content (AvgIpc) is 2.95. The molecule has 21 heavy (non-hydrogen) atoms. The van der Waals surface area contributed by atoms with Gasteiger partial charge in [0.1, 0.15) is 0 Å². The van der Waals surface area contributed by atoms with Gasteiger partial charge in [0.15, 0.2) is 5.69 Å². The van der Waals surface area contributed by atoms with Crippen molar-refractivity contribution < 1.29 is 9.90 Å². The van der Waals surface area contributed by atoms with E-state index < -0.39 is 0 Å². The van der Waals surface area contributed by atoms with E-state index in [9.17, 15) is 4.79 Å². The van der Waals surface area contributed by atoms with Gasteiger partial charge in [0.05, 0.1) is 11.4 Å². The summed E-state index contributed by atoms with van der Waals surface area (Å²) in [6, 6.07) is 8.99. The normalized spacial score (nSPS) is 12.1. The van der Waals surface area contributed by atoms with E-state index in [2.05, 4.69) is 10.4 Å². The Morgan fingerprint density at radius 1 is 1.43 bits per heavy atom. The van der Waals surface area contributed by atoms with Crippen LogP contribution >= 0.6 is 0 Å². The van der Waals surface area contributed by atoms with Crippen molar-refractivity contribution in [3.63, 3.8) is 0 Å². The maximum Gasteiger partial charge on any atom is 0.271 e. The Kier molecular flexibility index (Phi) is 4.94. The fraction of sp³-hybridized carbons (Fsp3) is 0.333. The highest BCUT2D eigenvalue weighted by Gasteiger charge is 2.13. The topological polar surface area (TPSA) is 93.2 Å². The summed E-state index contributed by atoms with van der Waals surface area (Å²) in [5.41, 5.74) is 7.57. The SMILES string of the molecule is CC(CCCO)NC(=O)c1ccn(-c2ccccc2N)n1. The summed E-state index contributed by atoms with van der Waals surface area (Å²) in [5.74, 6) is -0.228. The van der Waals surface area contributed by atoms with Gasteiger partial charge in [-0.25, -0.2) is 4.68 Å². The van der Waals surface area contributed by atoms with Crippen molar-refractivity contribution in [1.82, 2.24) is 15.1 Å².